The van der Waals surface area contributed by atoms with E-state index in [1.807, 2.05) is 6.92 Å². The van der Waals surface area contributed by atoms with E-state index in [0.717, 1.165) is 5.56 Å². The maximum absolute atomic E-state index is 11.9. The molecule has 88 valence electrons. The molecule has 0 bridgehead atoms. The molecule has 0 saturated heterocycles. The average Bonchev–Trinajstić information content (AvgIpc) is 2.25. The largest absolute Gasteiger partial charge is 0.480 e. The lowest BCUT2D eigenvalue weighted by Gasteiger charge is -2.04. The van der Waals surface area contributed by atoms with Gasteiger partial charge in [-0.3, -0.25) is 9.59 Å². The fraction of sp³-hybridized carbons (Fsp3) is 0.182. The molecule has 0 atom stereocenters. The molecule has 1 aromatic heterocycles. The van der Waals surface area contributed by atoms with Crippen LogP contribution in [0.2, 0.25) is 0 Å². The van der Waals surface area contributed by atoms with E-state index < -0.39 is 23.8 Å². The highest BCUT2D eigenvalue weighted by atomic mass is 16.4. The summed E-state index contributed by atoms with van der Waals surface area (Å²) >= 11 is 0. The number of aliphatic carboxylic acids is 1. The number of carbonyl (C=O) groups is 1. The molecule has 2 rings (SSSR count). The number of aromatic amines is 1. The third kappa shape index (κ3) is 1.96. The van der Waals surface area contributed by atoms with Crippen LogP contribution in [0.4, 0.5) is 0 Å². The van der Waals surface area contributed by atoms with Crippen LogP contribution < -0.4 is 11.2 Å². The van der Waals surface area contributed by atoms with Gasteiger partial charge in [0, 0.05) is 0 Å². The van der Waals surface area contributed by atoms with E-state index in [4.69, 9.17) is 5.11 Å². The smallest absolute Gasteiger partial charge is 0.329 e. The number of H-pyrrole nitrogens is 1. The van der Waals surface area contributed by atoms with Crippen molar-refractivity contribution < 1.29 is 9.90 Å². The van der Waals surface area contributed by atoms with Gasteiger partial charge in [-0.2, -0.15) is 0 Å². The van der Waals surface area contributed by atoms with Gasteiger partial charge in [0.05, 0.1) is 10.9 Å². The van der Waals surface area contributed by atoms with Crippen LogP contribution in [0, 0.1) is 6.92 Å². The van der Waals surface area contributed by atoms with Gasteiger partial charge in [-0.05, 0) is 19.1 Å². The first-order valence-electron chi connectivity index (χ1n) is 4.94. The van der Waals surface area contributed by atoms with E-state index in [-0.39, 0.29) is 0 Å². The van der Waals surface area contributed by atoms with Crippen molar-refractivity contribution in [3.05, 3.63) is 44.6 Å². The molecular formula is C11H10N2O4. The number of carboxylic acid groups (broad SMARTS) is 1. The lowest BCUT2D eigenvalue weighted by molar-refractivity contribution is -0.137. The molecule has 6 nitrogen and oxygen atoms in total. The molecular weight excluding hydrogens is 224 g/mol. The van der Waals surface area contributed by atoms with Gasteiger partial charge in [0.25, 0.3) is 5.56 Å². The predicted molar refractivity (Wildman–Crippen MR) is 61.2 cm³/mol. The molecule has 0 aliphatic carbocycles. The minimum absolute atomic E-state index is 0.311. The van der Waals surface area contributed by atoms with Crippen molar-refractivity contribution in [3.8, 4) is 0 Å². The molecule has 0 aliphatic heterocycles. The third-order valence-electron chi connectivity index (χ3n) is 2.43. The molecule has 2 aromatic rings. The number of carboxylic acids is 1. The first-order valence-corrected chi connectivity index (χ1v) is 4.94. The maximum atomic E-state index is 11.9. The van der Waals surface area contributed by atoms with Crippen molar-refractivity contribution in [2.24, 2.45) is 0 Å². The highest BCUT2D eigenvalue weighted by Gasteiger charge is 2.10. The molecule has 0 fully saturated rings. The number of fused-ring (bicyclic) bond motifs is 1. The second-order valence-electron chi connectivity index (χ2n) is 3.76. The lowest BCUT2D eigenvalue weighted by Crippen LogP contribution is -2.37. The summed E-state index contributed by atoms with van der Waals surface area (Å²) in [4.78, 5) is 36.5. The van der Waals surface area contributed by atoms with Crippen molar-refractivity contribution >= 4 is 16.9 Å². The molecule has 1 heterocycles. The van der Waals surface area contributed by atoms with Crippen LogP contribution >= 0.6 is 0 Å². The summed E-state index contributed by atoms with van der Waals surface area (Å²) in [7, 11) is 0. The summed E-state index contributed by atoms with van der Waals surface area (Å²) in [6.45, 7) is 1.17. The third-order valence-corrected chi connectivity index (χ3v) is 2.43. The molecule has 0 aliphatic rings. The molecule has 0 radical (unpaired) electrons. The Hall–Kier alpha value is -2.37. The lowest BCUT2D eigenvalue weighted by atomic mass is 10.2. The van der Waals surface area contributed by atoms with Gasteiger partial charge >= 0.3 is 11.7 Å². The van der Waals surface area contributed by atoms with Crippen molar-refractivity contribution in [3.63, 3.8) is 0 Å². The van der Waals surface area contributed by atoms with Crippen LogP contribution in [0.5, 0.6) is 0 Å². The summed E-state index contributed by atoms with van der Waals surface area (Å²) in [6, 6.07) is 5.00. The zero-order chi connectivity index (χ0) is 12.6. The Balaban J connectivity index is 2.83. The van der Waals surface area contributed by atoms with E-state index in [1.165, 1.54) is 0 Å². The quantitative estimate of drug-likeness (QED) is 0.769. The fourth-order valence-corrected chi connectivity index (χ4v) is 1.64. The standard InChI is InChI=1S/C11H10N2O4/c1-6-2-3-8-7(4-6)10(16)13(5-9(14)15)11(17)12-8/h2-4H,5H2,1H3,(H,12,17)(H,14,15). The molecule has 0 spiro atoms. The predicted octanol–water partition coefficient (Wildman–Crippen LogP) is 0.0828. The molecule has 0 unspecified atom stereocenters. The highest BCUT2D eigenvalue weighted by Crippen LogP contribution is 2.07. The Morgan fingerprint density at radius 1 is 1.41 bits per heavy atom. The van der Waals surface area contributed by atoms with Gasteiger partial charge in [0.15, 0.2) is 0 Å². The minimum Gasteiger partial charge on any atom is -0.480 e. The van der Waals surface area contributed by atoms with Crippen molar-refractivity contribution in [1.82, 2.24) is 9.55 Å². The van der Waals surface area contributed by atoms with Crippen molar-refractivity contribution in [2.75, 3.05) is 0 Å². The van der Waals surface area contributed by atoms with E-state index in [1.54, 1.807) is 18.2 Å². The highest BCUT2D eigenvalue weighted by molar-refractivity contribution is 5.78. The SMILES string of the molecule is Cc1ccc2[nH]c(=O)n(CC(=O)O)c(=O)c2c1. The summed E-state index contributed by atoms with van der Waals surface area (Å²) < 4.78 is 0.671. The number of aryl methyl sites for hydroxylation is 1. The van der Waals surface area contributed by atoms with Gasteiger partial charge in [0.2, 0.25) is 0 Å². The zero-order valence-corrected chi connectivity index (χ0v) is 9.06. The minimum atomic E-state index is -1.23. The molecule has 6 heteroatoms. The Kier molecular flexibility index (Phi) is 2.55. The fourth-order valence-electron chi connectivity index (χ4n) is 1.64. The van der Waals surface area contributed by atoms with Gasteiger partial charge in [0.1, 0.15) is 6.54 Å². The maximum Gasteiger partial charge on any atom is 0.329 e. The number of aromatic nitrogens is 2. The number of benzene rings is 1. The summed E-state index contributed by atoms with van der Waals surface area (Å²) in [5, 5.41) is 8.94. The Labute approximate surface area is 95.1 Å². The van der Waals surface area contributed by atoms with Crippen molar-refractivity contribution in [2.45, 2.75) is 13.5 Å². The first-order chi connectivity index (χ1) is 7.99. The number of nitrogens with zero attached hydrogens (tertiary/aromatic N) is 1. The first kappa shape index (κ1) is 11.1. The Bertz CT molecular complexity index is 711. The summed E-state index contributed by atoms with van der Waals surface area (Å²) in [6.07, 6.45) is 0. The monoisotopic (exact) mass is 234 g/mol. The van der Waals surface area contributed by atoms with Crippen molar-refractivity contribution in [1.29, 1.82) is 0 Å². The van der Waals surface area contributed by atoms with Crippen LogP contribution in [0.3, 0.4) is 0 Å². The number of rotatable bonds is 2. The van der Waals surface area contributed by atoms with E-state index in [9.17, 15) is 14.4 Å². The van der Waals surface area contributed by atoms with Crippen LogP contribution in [0.25, 0.3) is 10.9 Å². The van der Waals surface area contributed by atoms with Gasteiger partial charge in [-0.1, -0.05) is 11.6 Å². The van der Waals surface area contributed by atoms with Gasteiger partial charge in [-0.25, -0.2) is 9.36 Å². The Morgan fingerprint density at radius 3 is 2.76 bits per heavy atom. The number of nitrogens with one attached hydrogen (secondary N) is 1. The topological polar surface area (TPSA) is 92.2 Å². The second-order valence-corrected chi connectivity index (χ2v) is 3.76. The van der Waals surface area contributed by atoms with Crippen LogP contribution in [0.15, 0.2) is 27.8 Å². The number of hydrogen-bond donors (Lipinski definition) is 2. The molecule has 0 amide bonds. The van der Waals surface area contributed by atoms with E-state index in [2.05, 4.69) is 4.98 Å². The van der Waals surface area contributed by atoms with Crippen LogP contribution in [-0.2, 0) is 11.3 Å². The second kappa shape index (κ2) is 3.89. The average molecular weight is 234 g/mol. The molecule has 2 N–H and O–H groups in total. The van der Waals surface area contributed by atoms with Gasteiger partial charge < -0.3 is 10.1 Å². The summed E-state index contributed by atoms with van der Waals surface area (Å²) in [5.74, 6) is -1.23. The van der Waals surface area contributed by atoms with Crippen LogP contribution in [0.1, 0.15) is 5.56 Å². The molecule has 0 saturated carbocycles. The van der Waals surface area contributed by atoms with E-state index >= 15 is 0 Å². The van der Waals surface area contributed by atoms with Crippen LogP contribution in [-0.4, -0.2) is 20.6 Å². The zero-order valence-electron chi connectivity index (χ0n) is 9.06. The normalized spacial score (nSPS) is 10.6. The Morgan fingerprint density at radius 2 is 2.12 bits per heavy atom. The van der Waals surface area contributed by atoms with E-state index in [0.29, 0.717) is 15.5 Å². The summed E-state index contributed by atoms with van der Waals surface area (Å²) in [5.41, 5.74) is -0.0284. The molecule has 17 heavy (non-hydrogen) atoms. The van der Waals surface area contributed by atoms with Gasteiger partial charge in [-0.15, -0.1) is 0 Å². The number of hydrogen-bond acceptors (Lipinski definition) is 3. The molecule has 1 aromatic carbocycles.